The smallest absolute Gasteiger partial charge is 0.272 e. The molecule has 0 atom stereocenters. The first-order chi connectivity index (χ1) is 12.5. The van der Waals surface area contributed by atoms with E-state index in [9.17, 15) is 9.59 Å². The van der Waals surface area contributed by atoms with Crippen LogP contribution < -0.4 is 10.9 Å². The van der Waals surface area contributed by atoms with E-state index in [1.54, 1.807) is 28.8 Å². The molecule has 0 bridgehead atoms. The Morgan fingerprint density at radius 1 is 1.35 bits per heavy atom. The van der Waals surface area contributed by atoms with Crippen molar-refractivity contribution >= 4 is 56.5 Å². The molecule has 1 aromatic carbocycles. The van der Waals surface area contributed by atoms with Gasteiger partial charge in [0.15, 0.2) is 5.16 Å². The van der Waals surface area contributed by atoms with Gasteiger partial charge in [0.2, 0.25) is 5.91 Å². The average molecular weight is 408 g/mol. The number of thiophene rings is 1. The zero-order chi connectivity index (χ0) is 18.7. The van der Waals surface area contributed by atoms with Gasteiger partial charge in [-0.05, 0) is 29.5 Å². The number of nitrogens with one attached hydrogen (secondary N) is 1. The van der Waals surface area contributed by atoms with Gasteiger partial charge >= 0.3 is 0 Å². The number of hydrogen-bond acceptors (Lipinski definition) is 5. The van der Waals surface area contributed by atoms with Gasteiger partial charge < -0.3 is 5.32 Å². The number of hydrogen-bond donors (Lipinski definition) is 1. The number of carbonyl (C=O) groups excluding carboxylic acids is 1. The summed E-state index contributed by atoms with van der Waals surface area (Å²) in [6.07, 6.45) is 0. The van der Waals surface area contributed by atoms with E-state index >= 15 is 0 Å². The number of aromatic nitrogens is 2. The molecule has 136 valence electrons. The van der Waals surface area contributed by atoms with Crippen LogP contribution in [0.25, 0.3) is 10.2 Å². The molecule has 3 aromatic rings. The minimum atomic E-state index is -0.195. The number of amides is 1. The topological polar surface area (TPSA) is 64.0 Å². The molecule has 5 nitrogen and oxygen atoms in total. The molecule has 3 rings (SSSR count). The minimum absolute atomic E-state index is 0.0484. The Hall–Kier alpha value is -1.83. The molecule has 0 aliphatic carbocycles. The van der Waals surface area contributed by atoms with Crippen LogP contribution in [-0.2, 0) is 11.3 Å². The number of nitrogens with zero attached hydrogens (tertiary/aromatic N) is 2. The van der Waals surface area contributed by atoms with Gasteiger partial charge in [0.25, 0.3) is 5.56 Å². The monoisotopic (exact) mass is 407 g/mol. The molecule has 0 unspecified atom stereocenters. The predicted octanol–water partition coefficient (Wildman–Crippen LogP) is 4.50. The predicted molar refractivity (Wildman–Crippen MR) is 110 cm³/mol. The number of anilines is 1. The van der Waals surface area contributed by atoms with Crippen molar-refractivity contribution in [1.29, 1.82) is 0 Å². The van der Waals surface area contributed by atoms with Gasteiger partial charge in [0.05, 0.1) is 22.0 Å². The van der Waals surface area contributed by atoms with Crippen molar-refractivity contribution in [2.45, 2.75) is 25.5 Å². The Kier molecular flexibility index (Phi) is 6.01. The van der Waals surface area contributed by atoms with Crippen molar-refractivity contribution in [1.82, 2.24) is 9.55 Å². The number of fused-ring (bicyclic) bond motifs is 1. The number of thioether (sulfide) groups is 1. The maximum Gasteiger partial charge on any atom is 0.272 e. The zero-order valence-corrected chi connectivity index (χ0v) is 16.7. The standard InChI is InChI=1S/C18H18ClN3O2S2/c1-11(2)9-22-17(24)16-14(7-8-25-16)21-18(22)26-10-15(23)20-13-6-4-3-5-12(13)19/h3-8,11H,9-10H2,1-2H3,(H,20,23). The molecule has 0 saturated carbocycles. The SMILES string of the molecule is CC(C)Cn1c(SCC(=O)Nc2ccccc2Cl)nc2ccsc2c1=O. The summed E-state index contributed by atoms with van der Waals surface area (Å²) in [5, 5.41) is 5.69. The van der Waals surface area contributed by atoms with Crippen LogP contribution in [0.15, 0.2) is 45.7 Å². The Morgan fingerprint density at radius 3 is 2.85 bits per heavy atom. The van der Waals surface area contributed by atoms with E-state index < -0.39 is 0 Å². The average Bonchev–Trinajstić information content (AvgIpc) is 3.06. The van der Waals surface area contributed by atoms with Crippen LogP contribution in [0.3, 0.4) is 0 Å². The number of halogens is 1. The maximum absolute atomic E-state index is 12.7. The van der Waals surface area contributed by atoms with E-state index in [-0.39, 0.29) is 17.2 Å². The molecule has 0 fully saturated rings. The van der Waals surface area contributed by atoms with Gasteiger partial charge in [0, 0.05) is 6.54 Å². The maximum atomic E-state index is 12.7. The third kappa shape index (κ3) is 4.28. The highest BCUT2D eigenvalue weighted by Gasteiger charge is 2.15. The van der Waals surface area contributed by atoms with E-state index in [4.69, 9.17) is 11.6 Å². The van der Waals surface area contributed by atoms with Crippen LogP contribution in [0.2, 0.25) is 5.02 Å². The Labute approximate surface area is 164 Å². The molecule has 8 heteroatoms. The summed E-state index contributed by atoms with van der Waals surface area (Å²) >= 11 is 8.71. The van der Waals surface area contributed by atoms with E-state index in [0.717, 1.165) is 0 Å². The molecular formula is C18H18ClN3O2S2. The van der Waals surface area contributed by atoms with E-state index in [0.29, 0.717) is 38.5 Å². The highest BCUT2D eigenvalue weighted by Crippen LogP contribution is 2.23. The number of carbonyl (C=O) groups is 1. The fourth-order valence-corrected chi connectivity index (χ4v) is 4.21. The first kappa shape index (κ1) is 18.9. The molecule has 26 heavy (non-hydrogen) atoms. The molecule has 0 spiro atoms. The van der Waals surface area contributed by atoms with Crippen molar-refractivity contribution < 1.29 is 4.79 Å². The fraction of sp³-hybridized carbons (Fsp3) is 0.278. The van der Waals surface area contributed by atoms with Gasteiger partial charge in [-0.3, -0.25) is 14.2 Å². The number of rotatable bonds is 6. The minimum Gasteiger partial charge on any atom is -0.324 e. The first-order valence-corrected chi connectivity index (χ1v) is 10.3. The molecule has 0 saturated heterocycles. The van der Waals surface area contributed by atoms with Gasteiger partial charge in [-0.15, -0.1) is 11.3 Å². The fourth-order valence-electron chi connectivity index (χ4n) is 2.44. The van der Waals surface area contributed by atoms with Crippen molar-refractivity contribution in [2.75, 3.05) is 11.1 Å². The van der Waals surface area contributed by atoms with Crippen LogP contribution >= 0.6 is 34.7 Å². The lowest BCUT2D eigenvalue weighted by molar-refractivity contribution is -0.113. The van der Waals surface area contributed by atoms with Gasteiger partial charge in [-0.25, -0.2) is 4.98 Å². The van der Waals surface area contributed by atoms with Gasteiger partial charge in [-0.2, -0.15) is 0 Å². The lowest BCUT2D eigenvalue weighted by atomic mass is 10.2. The number of benzene rings is 1. The zero-order valence-electron chi connectivity index (χ0n) is 14.4. The summed E-state index contributed by atoms with van der Waals surface area (Å²) in [5.74, 6) is 0.243. The number of para-hydroxylation sites is 1. The lowest BCUT2D eigenvalue weighted by Crippen LogP contribution is -2.25. The summed E-state index contributed by atoms with van der Waals surface area (Å²) in [4.78, 5) is 29.6. The Morgan fingerprint density at radius 2 is 2.12 bits per heavy atom. The van der Waals surface area contributed by atoms with Crippen LogP contribution in [0.5, 0.6) is 0 Å². The summed E-state index contributed by atoms with van der Waals surface area (Å²) in [7, 11) is 0. The molecule has 1 amide bonds. The highest BCUT2D eigenvalue weighted by molar-refractivity contribution is 7.99. The van der Waals surface area contributed by atoms with Crippen LogP contribution in [0, 0.1) is 5.92 Å². The van der Waals surface area contributed by atoms with Crippen LogP contribution in [0.1, 0.15) is 13.8 Å². The third-order valence-electron chi connectivity index (χ3n) is 3.56. The normalized spacial score (nSPS) is 11.2. The molecule has 2 heterocycles. The Bertz CT molecular complexity index is 998. The molecule has 1 N–H and O–H groups in total. The second kappa shape index (κ2) is 8.24. The van der Waals surface area contributed by atoms with Crippen molar-refractivity contribution in [3.05, 3.63) is 51.1 Å². The Balaban J connectivity index is 1.80. The third-order valence-corrected chi connectivity index (χ3v) is 5.76. The van der Waals surface area contributed by atoms with Crippen LogP contribution in [-0.4, -0.2) is 21.2 Å². The van der Waals surface area contributed by atoms with E-state index in [1.807, 2.05) is 25.3 Å². The van der Waals surface area contributed by atoms with Gasteiger partial charge in [0.1, 0.15) is 4.70 Å². The largest absolute Gasteiger partial charge is 0.324 e. The van der Waals surface area contributed by atoms with Crippen LogP contribution in [0.4, 0.5) is 5.69 Å². The second-order valence-electron chi connectivity index (χ2n) is 6.16. The molecule has 0 radical (unpaired) electrons. The lowest BCUT2D eigenvalue weighted by Gasteiger charge is -2.14. The van der Waals surface area contributed by atoms with E-state index in [2.05, 4.69) is 10.3 Å². The molecular weight excluding hydrogens is 390 g/mol. The summed E-state index contributed by atoms with van der Waals surface area (Å²) < 4.78 is 2.31. The van der Waals surface area contributed by atoms with Gasteiger partial charge in [-0.1, -0.05) is 49.3 Å². The summed E-state index contributed by atoms with van der Waals surface area (Å²) in [6, 6.07) is 8.90. The quantitative estimate of drug-likeness (QED) is 0.482. The highest BCUT2D eigenvalue weighted by atomic mass is 35.5. The molecule has 0 aliphatic heterocycles. The van der Waals surface area contributed by atoms with Crippen molar-refractivity contribution in [3.63, 3.8) is 0 Å². The second-order valence-corrected chi connectivity index (χ2v) is 8.42. The molecule has 0 aliphatic rings. The summed E-state index contributed by atoms with van der Waals surface area (Å²) in [6.45, 7) is 4.65. The molecule has 2 aromatic heterocycles. The van der Waals surface area contributed by atoms with E-state index in [1.165, 1.54) is 23.1 Å². The van der Waals surface area contributed by atoms with Crippen molar-refractivity contribution in [2.24, 2.45) is 5.92 Å². The first-order valence-electron chi connectivity index (χ1n) is 8.11. The summed E-state index contributed by atoms with van der Waals surface area (Å²) in [5.41, 5.74) is 1.20. The van der Waals surface area contributed by atoms with Crippen molar-refractivity contribution in [3.8, 4) is 0 Å².